The van der Waals surface area contributed by atoms with Gasteiger partial charge < -0.3 is 31.1 Å². The molecule has 1 saturated heterocycles. The molecule has 0 bridgehead atoms. The summed E-state index contributed by atoms with van der Waals surface area (Å²) in [5, 5.41) is 27.9. The zero-order chi connectivity index (χ0) is 28.9. The molecule has 5 rings (SSSR count). The first kappa shape index (κ1) is 28.1. The summed E-state index contributed by atoms with van der Waals surface area (Å²) in [6.07, 6.45) is 1.99. The number of β-amino-alcohol motifs (C(OH)–C–C–N with tert-alkyl or cyclic N) is 1. The molecule has 2 aliphatic heterocycles. The first-order valence-corrected chi connectivity index (χ1v) is 13.8. The maximum absolute atomic E-state index is 13.2. The minimum absolute atomic E-state index is 0.134. The van der Waals surface area contributed by atoms with E-state index in [1.807, 2.05) is 30.3 Å². The van der Waals surface area contributed by atoms with Gasteiger partial charge in [0, 0.05) is 29.9 Å². The van der Waals surface area contributed by atoms with Crippen LogP contribution in [-0.4, -0.2) is 65.7 Å². The Labute approximate surface area is 238 Å². The molecule has 41 heavy (non-hydrogen) atoms. The van der Waals surface area contributed by atoms with E-state index in [0.717, 1.165) is 31.5 Å². The van der Waals surface area contributed by atoms with E-state index >= 15 is 0 Å². The fourth-order valence-corrected chi connectivity index (χ4v) is 5.43. The van der Waals surface area contributed by atoms with Crippen LogP contribution in [0.3, 0.4) is 0 Å². The number of nitrogens with zero attached hydrogens (tertiary/aromatic N) is 1. The molecule has 0 aliphatic carbocycles. The van der Waals surface area contributed by atoms with Crippen molar-refractivity contribution in [3.05, 3.63) is 94.5 Å². The number of amides is 2. The quantitative estimate of drug-likeness (QED) is 0.252. The Morgan fingerprint density at radius 3 is 2.37 bits per heavy atom. The lowest BCUT2D eigenvalue weighted by Crippen LogP contribution is -2.39. The Bertz CT molecular complexity index is 1480. The molecule has 3 aromatic carbocycles. The van der Waals surface area contributed by atoms with E-state index in [4.69, 9.17) is 5.11 Å². The number of fused-ring (bicyclic) bond motifs is 1. The summed E-state index contributed by atoms with van der Waals surface area (Å²) in [7, 11) is 0. The molecule has 212 valence electrons. The van der Waals surface area contributed by atoms with Crippen LogP contribution < -0.4 is 16.0 Å². The van der Waals surface area contributed by atoms with Gasteiger partial charge in [-0.2, -0.15) is 0 Å². The van der Waals surface area contributed by atoms with E-state index in [1.54, 1.807) is 37.3 Å². The third kappa shape index (κ3) is 6.32. The van der Waals surface area contributed by atoms with E-state index in [0.29, 0.717) is 58.3 Å². The minimum Gasteiger partial charge on any atom is -0.478 e. The van der Waals surface area contributed by atoms with Crippen LogP contribution in [0.5, 0.6) is 0 Å². The monoisotopic (exact) mass is 554 g/mol. The second kappa shape index (κ2) is 12.4. The van der Waals surface area contributed by atoms with Gasteiger partial charge in [0.15, 0.2) is 0 Å². The number of carbonyl (C=O) groups is 3. The summed E-state index contributed by atoms with van der Waals surface area (Å²) >= 11 is 0. The number of rotatable bonds is 9. The van der Waals surface area contributed by atoms with E-state index in [9.17, 15) is 19.5 Å². The van der Waals surface area contributed by atoms with Crippen LogP contribution in [0.25, 0.3) is 11.3 Å². The molecule has 2 heterocycles. The number of aliphatic hydroxyl groups is 1. The number of aliphatic hydroxyl groups excluding tert-OH is 1. The Hall–Kier alpha value is -4.47. The molecule has 0 aromatic heterocycles. The van der Waals surface area contributed by atoms with E-state index in [2.05, 4.69) is 20.9 Å². The largest absolute Gasteiger partial charge is 0.478 e. The Morgan fingerprint density at radius 2 is 1.71 bits per heavy atom. The number of benzene rings is 3. The number of hydrogen-bond acceptors (Lipinski definition) is 6. The molecule has 0 radical (unpaired) electrons. The molecule has 2 aliphatic rings. The van der Waals surface area contributed by atoms with Crippen LogP contribution >= 0.6 is 0 Å². The lowest BCUT2D eigenvalue weighted by atomic mass is 9.96. The molecular formula is C32H34N4O5. The standard InChI is InChI=1S/C32H34N4O5/c1-20-17-26-27(18-25(20)32(40)41)35-31(39)28(26)29(22-5-3-2-4-6-22)34-24-9-7-23(8-10-24)30(38)33-19-21-11-13-36(14-12-21)15-16-37/h2-10,17-18,21,34,37H,11-16,19H2,1H3,(H,33,38)(H,35,39)(H,40,41)/b29-28+. The third-order valence-corrected chi connectivity index (χ3v) is 7.74. The number of aromatic carboxylic acids is 1. The normalized spacial score (nSPS) is 16.6. The molecule has 0 spiro atoms. The van der Waals surface area contributed by atoms with Crippen LogP contribution in [0.15, 0.2) is 66.7 Å². The summed E-state index contributed by atoms with van der Waals surface area (Å²) in [4.78, 5) is 39.9. The smallest absolute Gasteiger partial charge is 0.336 e. The predicted molar refractivity (Wildman–Crippen MR) is 159 cm³/mol. The summed E-state index contributed by atoms with van der Waals surface area (Å²) in [5.74, 6) is -1.09. The highest BCUT2D eigenvalue weighted by molar-refractivity contribution is 6.37. The zero-order valence-corrected chi connectivity index (χ0v) is 22.9. The molecule has 9 nitrogen and oxygen atoms in total. The third-order valence-electron chi connectivity index (χ3n) is 7.74. The van der Waals surface area contributed by atoms with Crippen LogP contribution in [0.4, 0.5) is 11.4 Å². The van der Waals surface area contributed by atoms with E-state index < -0.39 is 5.97 Å². The zero-order valence-electron chi connectivity index (χ0n) is 22.9. The summed E-state index contributed by atoms with van der Waals surface area (Å²) in [6.45, 7) is 5.07. The van der Waals surface area contributed by atoms with Gasteiger partial charge in [0.25, 0.3) is 11.8 Å². The highest BCUT2D eigenvalue weighted by Crippen LogP contribution is 2.39. The van der Waals surface area contributed by atoms with Gasteiger partial charge in [0.05, 0.1) is 29.1 Å². The van der Waals surface area contributed by atoms with Crippen LogP contribution in [0.1, 0.15) is 50.2 Å². The van der Waals surface area contributed by atoms with Crippen LogP contribution in [0.2, 0.25) is 0 Å². The number of carboxylic acids is 1. The topological polar surface area (TPSA) is 131 Å². The number of hydrogen-bond donors (Lipinski definition) is 5. The van der Waals surface area contributed by atoms with Gasteiger partial charge in [-0.3, -0.25) is 9.59 Å². The van der Waals surface area contributed by atoms with Gasteiger partial charge in [0.1, 0.15) is 0 Å². The molecule has 3 aromatic rings. The Balaban J connectivity index is 1.35. The molecule has 5 N–H and O–H groups in total. The summed E-state index contributed by atoms with van der Waals surface area (Å²) in [5.41, 5.74) is 4.80. The van der Waals surface area contributed by atoms with Crippen molar-refractivity contribution in [1.82, 2.24) is 10.2 Å². The second-order valence-corrected chi connectivity index (χ2v) is 10.5. The summed E-state index contributed by atoms with van der Waals surface area (Å²) in [6, 6.07) is 19.8. The lowest BCUT2D eigenvalue weighted by molar-refractivity contribution is -0.110. The van der Waals surface area contributed by atoms with Crippen molar-refractivity contribution in [1.29, 1.82) is 0 Å². The van der Waals surface area contributed by atoms with Crippen molar-refractivity contribution < 1.29 is 24.6 Å². The first-order valence-electron chi connectivity index (χ1n) is 13.8. The fourth-order valence-electron chi connectivity index (χ4n) is 5.43. The van der Waals surface area contributed by atoms with Gasteiger partial charge >= 0.3 is 5.97 Å². The average molecular weight is 555 g/mol. The number of carbonyl (C=O) groups excluding carboxylic acids is 2. The Kier molecular flexibility index (Phi) is 8.47. The highest BCUT2D eigenvalue weighted by Gasteiger charge is 2.30. The molecule has 0 atom stereocenters. The number of anilines is 2. The number of nitrogens with one attached hydrogen (secondary N) is 3. The minimum atomic E-state index is -1.05. The van der Waals surface area contributed by atoms with Crippen molar-refractivity contribution >= 4 is 40.4 Å². The molecular weight excluding hydrogens is 520 g/mol. The van der Waals surface area contributed by atoms with Crippen molar-refractivity contribution in [3.63, 3.8) is 0 Å². The first-order chi connectivity index (χ1) is 19.8. The Morgan fingerprint density at radius 1 is 1.00 bits per heavy atom. The van der Waals surface area contributed by atoms with Gasteiger partial charge in [-0.05, 0) is 86.3 Å². The van der Waals surface area contributed by atoms with Gasteiger partial charge in [-0.1, -0.05) is 30.3 Å². The molecule has 1 fully saturated rings. The molecule has 2 amide bonds. The highest BCUT2D eigenvalue weighted by atomic mass is 16.4. The second-order valence-electron chi connectivity index (χ2n) is 10.5. The number of piperidine rings is 1. The molecule has 0 saturated carbocycles. The SMILES string of the molecule is Cc1cc2c(cc1C(=O)O)NC(=O)/C2=C(/Nc1ccc(C(=O)NCC2CCN(CCO)CC2)cc1)c1ccccc1. The lowest BCUT2D eigenvalue weighted by Gasteiger charge is -2.31. The van der Waals surface area contributed by atoms with Crippen molar-refractivity contribution in [2.24, 2.45) is 5.92 Å². The number of aryl methyl sites for hydroxylation is 1. The van der Waals surface area contributed by atoms with Crippen molar-refractivity contribution in [2.75, 3.05) is 43.4 Å². The molecule has 9 heteroatoms. The van der Waals surface area contributed by atoms with E-state index in [-0.39, 0.29) is 24.0 Å². The number of likely N-dealkylation sites (tertiary alicyclic amines) is 1. The van der Waals surface area contributed by atoms with Gasteiger partial charge in [-0.25, -0.2) is 4.79 Å². The van der Waals surface area contributed by atoms with Gasteiger partial charge in [-0.15, -0.1) is 0 Å². The predicted octanol–water partition coefficient (Wildman–Crippen LogP) is 4.06. The van der Waals surface area contributed by atoms with Crippen LogP contribution in [-0.2, 0) is 4.79 Å². The van der Waals surface area contributed by atoms with Crippen LogP contribution in [0, 0.1) is 12.8 Å². The van der Waals surface area contributed by atoms with Crippen molar-refractivity contribution in [2.45, 2.75) is 19.8 Å². The fraction of sp³-hybridized carbons (Fsp3) is 0.281. The van der Waals surface area contributed by atoms with Gasteiger partial charge in [0.2, 0.25) is 0 Å². The maximum atomic E-state index is 13.2. The average Bonchev–Trinajstić information content (AvgIpc) is 3.30. The maximum Gasteiger partial charge on any atom is 0.336 e. The van der Waals surface area contributed by atoms with E-state index in [1.165, 1.54) is 6.07 Å². The number of carboxylic acid groups (broad SMARTS) is 1. The molecule has 0 unspecified atom stereocenters. The van der Waals surface area contributed by atoms with Crippen molar-refractivity contribution in [3.8, 4) is 0 Å². The summed E-state index contributed by atoms with van der Waals surface area (Å²) < 4.78 is 0.